The van der Waals surface area contributed by atoms with Gasteiger partial charge in [-0.2, -0.15) is 0 Å². The predicted octanol–water partition coefficient (Wildman–Crippen LogP) is 9.42. The molecule has 5 aromatic rings. The molecule has 3 N–H and O–H groups in total. The highest BCUT2D eigenvalue weighted by Crippen LogP contribution is 2.66. The van der Waals surface area contributed by atoms with Gasteiger partial charge in [0.25, 0.3) is 0 Å². The molecule has 0 aromatic heterocycles. The molecule has 7 atom stereocenters. The summed E-state index contributed by atoms with van der Waals surface area (Å²) < 4.78 is 12.6. The van der Waals surface area contributed by atoms with Crippen molar-refractivity contribution in [3.05, 3.63) is 167 Å². The van der Waals surface area contributed by atoms with Gasteiger partial charge in [-0.3, -0.25) is 19.3 Å². The third kappa shape index (κ3) is 9.19. The SMILES string of the molecule is C[C@@H](NC(=O)N1C(=O)[C@@]2(c3cc(C#CC4(O)CCCCCC4)ccc31)[C@H](C(=O)N1CCCCCCC1)[C@H]1C(=O)O[C@H](c3ccccc3)[C@H](c3ccccc3)N1[C@@H]2c1ccc(OCCO)cc1)c1ccccc1. The van der Waals surface area contributed by atoms with E-state index in [0.717, 1.165) is 74.5 Å². The zero-order valence-electron chi connectivity index (χ0n) is 41.0. The second kappa shape index (κ2) is 21.1. The molecule has 1 aliphatic carbocycles. The summed E-state index contributed by atoms with van der Waals surface area (Å²) in [5.41, 5.74) is 0.979. The summed E-state index contributed by atoms with van der Waals surface area (Å²) in [6, 6.07) is 37.1. The molecule has 12 nitrogen and oxygen atoms in total. The molecule has 372 valence electrons. The van der Waals surface area contributed by atoms with Crippen LogP contribution >= 0.6 is 0 Å². The number of urea groups is 1. The fourth-order valence-electron chi connectivity index (χ4n) is 12.2. The molecular weight excluding hydrogens is 905 g/mol. The summed E-state index contributed by atoms with van der Waals surface area (Å²) in [4.78, 5) is 69.3. The van der Waals surface area contributed by atoms with Crippen LogP contribution in [-0.4, -0.2) is 81.8 Å². The van der Waals surface area contributed by atoms with Gasteiger partial charge in [0, 0.05) is 18.7 Å². The standard InChI is InChI=1S/C60H64N4O8/c1-41(43-20-10-7-11-21-43)61-58(69)63-49-31-26-42(32-35-59(70)33-16-3-4-17-34-59)40-48(49)60(57(63)68)50(55(66)62-36-18-5-2-6-19-37-62)52-56(67)72-53(45-24-14-9-15-25-45)51(44-22-12-8-13-23-44)64(52)54(60)46-27-29-47(30-28-46)71-39-38-65/h7-15,20-31,40-41,50-54,65,70H,2-6,16-19,33-34,36-39H2,1H3,(H,61,69)/t41-,50+,51+,52+,53-,54-,60+/m1/s1. The van der Waals surface area contributed by atoms with Gasteiger partial charge in [0.1, 0.15) is 35.5 Å². The minimum absolute atomic E-state index is 0.0598. The molecule has 5 aliphatic rings. The van der Waals surface area contributed by atoms with E-state index in [1.54, 1.807) is 24.3 Å². The number of aliphatic hydroxyl groups excluding tert-OH is 1. The number of hydrogen-bond acceptors (Lipinski definition) is 9. The second-order valence-electron chi connectivity index (χ2n) is 20.1. The summed E-state index contributed by atoms with van der Waals surface area (Å²) >= 11 is 0. The topological polar surface area (TPSA) is 149 Å². The van der Waals surface area contributed by atoms with E-state index in [0.29, 0.717) is 48.4 Å². The van der Waals surface area contributed by atoms with Crippen LogP contribution in [0.5, 0.6) is 5.75 Å². The normalized spacial score (nSPS) is 25.4. The zero-order chi connectivity index (χ0) is 49.8. The average Bonchev–Trinajstić information content (AvgIpc) is 3.73. The number of rotatable bonds is 9. The summed E-state index contributed by atoms with van der Waals surface area (Å²) in [7, 11) is 0. The van der Waals surface area contributed by atoms with Gasteiger partial charge in [-0.1, -0.05) is 147 Å². The molecule has 0 unspecified atom stereocenters. The quantitative estimate of drug-likeness (QED) is 0.0747. The van der Waals surface area contributed by atoms with E-state index >= 15 is 19.2 Å². The van der Waals surface area contributed by atoms with E-state index in [9.17, 15) is 10.2 Å². The number of fused-ring (bicyclic) bond motifs is 3. The molecule has 1 spiro atoms. The first-order valence-corrected chi connectivity index (χ1v) is 25.9. The van der Waals surface area contributed by atoms with Gasteiger partial charge >= 0.3 is 12.0 Å². The summed E-state index contributed by atoms with van der Waals surface area (Å²) in [5, 5.41) is 24.6. The highest BCUT2D eigenvalue weighted by atomic mass is 16.6. The van der Waals surface area contributed by atoms with E-state index < -0.39 is 65.1 Å². The molecule has 10 rings (SSSR count). The van der Waals surface area contributed by atoms with Gasteiger partial charge in [0.2, 0.25) is 11.8 Å². The third-order valence-electron chi connectivity index (χ3n) is 15.7. The van der Waals surface area contributed by atoms with Crippen LogP contribution in [0, 0.1) is 17.8 Å². The molecule has 4 fully saturated rings. The lowest BCUT2D eigenvalue weighted by Gasteiger charge is -2.46. The number of nitrogens with one attached hydrogen (secondary N) is 1. The fraction of sp³-hybridized carbons (Fsp3) is 0.400. The number of morpholine rings is 1. The van der Waals surface area contributed by atoms with Crippen LogP contribution in [0.1, 0.15) is 135 Å². The number of hydrogen-bond donors (Lipinski definition) is 3. The number of imide groups is 1. The van der Waals surface area contributed by atoms with Crippen molar-refractivity contribution < 1.29 is 38.9 Å². The van der Waals surface area contributed by atoms with Crippen LogP contribution in [-0.2, 0) is 24.5 Å². The third-order valence-corrected chi connectivity index (χ3v) is 15.7. The first kappa shape index (κ1) is 48.8. The molecule has 0 bridgehead atoms. The lowest BCUT2D eigenvalue weighted by Crippen LogP contribution is -2.57. The number of carbonyl (C=O) groups excluding carboxylic acids is 4. The predicted molar refractivity (Wildman–Crippen MR) is 274 cm³/mol. The van der Waals surface area contributed by atoms with Crippen LogP contribution in [0.2, 0.25) is 0 Å². The van der Waals surface area contributed by atoms with Crippen molar-refractivity contribution in [1.29, 1.82) is 0 Å². The van der Waals surface area contributed by atoms with E-state index in [1.807, 2.05) is 121 Å². The van der Waals surface area contributed by atoms with E-state index in [1.165, 1.54) is 4.90 Å². The number of amides is 4. The molecule has 1 saturated carbocycles. The molecule has 72 heavy (non-hydrogen) atoms. The number of benzene rings is 5. The van der Waals surface area contributed by atoms with Gasteiger partial charge in [-0.25, -0.2) is 9.69 Å². The van der Waals surface area contributed by atoms with Crippen molar-refractivity contribution in [2.24, 2.45) is 5.92 Å². The number of nitrogens with zero attached hydrogens (tertiary/aromatic N) is 3. The smallest absolute Gasteiger partial charge is 0.329 e. The maximum absolute atomic E-state index is 16.9. The molecule has 5 aromatic carbocycles. The van der Waals surface area contributed by atoms with Gasteiger partial charge in [0.05, 0.1) is 36.3 Å². The maximum Gasteiger partial charge on any atom is 0.329 e. The van der Waals surface area contributed by atoms with Crippen molar-refractivity contribution >= 4 is 29.5 Å². The van der Waals surface area contributed by atoms with Crippen LogP contribution in [0.25, 0.3) is 0 Å². The molecule has 4 heterocycles. The first-order valence-electron chi connectivity index (χ1n) is 25.9. The Labute approximate surface area is 422 Å². The number of anilines is 1. The molecule has 4 aliphatic heterocycles. The molecular formula is C60H64N4O8. The Kier molecular flexibility index (Phi) is 14.3. The number of ether oxygens (including phenoxy) is 2. The molecule has 0 radical (unpaired) electrons. The van der Waals surface area contributed by atoms with E-state index in [2.05, 4.69) is 22.1 Å². The van der Waals surface area contributed by atoms with Crippen molar-refractivity contribution in [3.8, 4) is 17.6 Å². The van der Waals surface area contributed by atoms with Crippen molar-refractivity contribution in [3.63, 3.8) is 0 Å². The van der Waals surface area contributed by atoms with Gasteiger partial charge < -0.3 is 29.9 Å². The fourth-order valence-corrected chi connectivity index (χ4v) is 12.2. The van der Waals surface area contributed by atoms with Gasteiger partial charge in [0.15, 0.2) is 0 Å². The lowest BCUT2D eigenvalue weighted by molar-refractivity contribution is -0.179. The maximum atomic E-state index is 16.9. The Morgan fingerprint density at radius 1 is 0.750 bits per heavy atom. The Balaban J connectivity index is 1.26. The summed E-state index contributed by atoms with van der Waals surface area (Å²) in [5.74, 6) is 3.96. The molecule has 3 saturated heterocycles. The monoisotopic (exact) mass is 968 g/mol. The molecule has 4 amide bonds. The van der Waals surface area contributed by atoms with Gasteiger partial charge in [-0.05, 0) is 104 Å². The first-order chi connectivity index (χ1) is 35.1. The van der Waals surface area contributed by atoms with Crippen molar-refractivity contribution in [2.45, 2.75) is 119 Å². The number of aliphatic hydroxyl groups is 2. The Morgan fingerprint density at radius 2 is 1.36 bits per heavy atom. The lowest BCUT2D eigenvalue weighted by atomic mass is 9.64. The minimum atomic E-state index is -1.95. The second-order valence-corrected chi connectivity index (χ2v) is 20.1. The number of carbonyl (C=O) groups is 4. The van der Waals surface area contributed by atoms with Crippen molar-refractivity contribution in [2.75, 3.05) is 31.2 Å². The number of cyclic esters (lactones) is 1. The van der Waals surface area contributed by atoms with Crippen LogP contribution in [0.15, 0.2) is 133 Å². The largest absolute Gasteiger partial charge is 0.491 e. The van der Waals surface area contributed by atoms with E-state index in [-0.39, 0.29) is 24.8 Å². The Hall–Kier alpha value is -6.78. The Morgan fingerprint density at radius 3 is 2.01 bits per heavy atom. The van der Waals surface area contributed by atoms with Gasteiger partial charge in [-0.15, -0.1) is 0 Å². The minimum Gasteiger partial charge on any atom is -0.491 e. The van der Waals surface area contributed by atoms with E-state index in [4.69, 9.17) is 9.47 Å². The molecule has 12 heteroatoms. The Bertz CT molecular complexity index is 2800. The highest BCUT2D eigenvalue weighted by Gasteiger charge is 2.76. The average molecular weight is 969 g/mol. The van der Waals surface area contributed by atoms with Crippen molar-refractivity contribution in [1.82, 2.24) is 15.1 Å². The van der Waals surface area contributed by atoms with Crippen LogP contribution in [0.4, 0.5) is 10.5 Å². The van der Waals surface area contributed by atoms with Crippen LogP contribution in [0.3, 0.4) is 0 Å². The summed E-state index contributed by atoms with van der Waals surface area (Å²) in [6.07, 6.45) is 8.37. The highest BCUT2D eigenvalue weighted by molar-refractivity contribution is 6.24. The van der Waals surface area contributed by atoms with Crippen LogP contribution < -0.4 is 15.0 Å². The number of likely N-dealkylation sites (tertiary alicyclic amines) is 1. The summed E-state index contributed by atoms with van der Waals surface area (Å²) in [6.45, 7) is 2.60. The number of esters is 1. The zero-order valence-corrected chi connectivity index (χ0v) is 41.0.